The summed E-state index contributed by atoms with van der Waals surface area (Å²) in [5, 5.41) is 0. The second kappa shape index (κ2) is 7.80. The van der Waals surface area contributed by atoms with Crippen molar-refractivity contribution in [3.8, 4) is 0 Å². The van der Waals surface area contributed by atoms with E-state index in [0.29, 0.717) is 18.9 Å². The van der Waals surface area contributed by atoms with E-state index in [1.54, 1.807) is 0 Å². The molecule has 0 radical (unpaired) electrons. The molecule has 0 heterocycles. The molecule has 1 unspecified atom stereocenters. The molecule has 0 saturated carbocycles. The fourth-order valence-electron chi connectivity index (χ4n) is 1.32. The number of nitrogens with two attached hydrogens (primary N) is 1. The molecule has 1 atom stereocenters. The molecule has 0 aliphatic rings. The number of rotatable bonds is 7. The molecule has 3 heteroatoms. The lowest BCUT2D eigenvalue weighted by atomic mass is 10.1. The van der Waals surface area contributed by atoms with Crippen LogP contribution in [-0.4, -0.2) is 30.4 Å². The summed E-state index contributed by atoms with van der Waals surface area (Å²) in [6, 6.07) is 0. The summed E-state index contributed by atoms with van der Waals surface area (Å²) in [7, 11) is 0. The monoisotopic (exact) mass is 200 g/mol. The molecule has 2 N–H and O–H groups in total. The van der Waals surface area contributed by atoms with Crippen LogP contribution in [0.15, 0.2) is 0 Å². The Balaban J connectivity index is 3.90. The molecule has 0 aromatic heterocycles. The molecular formula is C11H24N2O. The molecule has 0 bridgehead atoms. The predicted octanol–water partition coefficient (Wildman–Crippen LogP) is 1.62. The average Bonchev–Trinajstić information content (AvgIpc) is 2.18. The largest absolute Gasteiger partial charge is 0.343 e. The Morgan fingerprint density at radius 3 is 2.50 bits per heavy atom. The Labute approximate surface area is 87.6 Å². The van der Waals surface area contributed by atoms with E-state index >= 15 is 0 Å². The second-order valence-corrected chi connectivity index (χ2v) is 3.87. The summed E-state index contributed by atoms with van der Waals surface area (Å²) in [6.07, 6.45) is 2.82. The maximum atomic E-state index is 11.7. The Morgan fingerprint density at radius 1 is 1.43 bits per heavy atom. The molecule has 3 nitrogen and oxygen atoms in total. The van der Waals surface area contributed by atoms with Crippen molar-refractivity contribution >= 4 is 5.91 Å². The minimum atomic E-state index is 0.249. The fourth-order valence-corrected chi connectivity index (χ4v) is 1.32. The third kappa shape index (κ3) is 5.22. The highest BCUT2D eigenvalue weighted by Gasteiger charge is 2.13. The van der Waals surface area contributed by atoms with Gasteiger partial charge in [-0.3, -0.25) is 4.79 Å². The highest BCUT2D eigenvalue weighted by Crippen LogP contribution is 2.05. The number of unbranched alkanes of at least 4 members (excludes halogenated alkanes) is 1. The topological polar surface area (TPSA) is 46.3 Å². The quantitative estimate of drug-likeness (QED) is 0.679. The van der Waals surface area contributed by atoms with Crippen LogP contribution in [0, 0.1) is 5.92 Å². The standard InChI is InChI=1S/C11H24N2O/c1-4-6-7-13(5-2)11(14)8-10(3)9-12/h10H,4-9,12H2,1-3H3. The van der Waals surface area contributed by atoms with Crippen molar-refractivity contribution in [1.82, 2.24) is 4.90 Å². The first kappa shape index (κ1) is 13.4. The lowest BCUT2D eigenvalue weighted by Gasteiger charge is -2.22. The highest BCUT2D eigenvalue weighted by atomic mass is 16.2. The van der Waals surface area contributed by atoms with Gasteiger partial charge < -0.3 is 10.6 Å². The zero-order valence-electron chi connectivity index (χ0n) is 9.75. The maximum Gasteiger partial charge on any atom is 0.222 e. The number of hydrogen-bond acceptors (Lipinski definition) is 2. The van der Waals surface area contributed by atoms with Crippen LogP contribution in [-0.2, 0) is 4.79 Å². The van der Waals surface area contributed by atoms with Gasteiger partial charge in [0.15, 0.2) is 0 Å². The summed E-state index contributed by atoms with van der Waals surface area (Å²) in [5.74, 6) is 0.553. The van der Waals surface area contributed by atoms with Crippen molar-refractivity contribution in [2.45, 2.75) is 40.0 Å². The molecule has 0 aliphatic carbocycles. The van der Waals surface area contributed by atoms with Crippen molar-refractivity contribution in [3.63, 3.8) is 0 Å². The molecule has 0 aromatic carbocycles. The van der Waals surface area contributed by atoms with E-state index in [9.17, 15) is 4.79 Å². The van der Waals surface area contributed by atoms with Crippen molar-refractivity contribution in [2.24, 2.45) is 11.7 Å². The Kier molecular flexibility index (Phi) is 7.48. The Hall–Kier alpha value is -0.570. The first-order valence-corrected chi connectivity index (χ1v) is 5.63. The van der Waals surface area contributed by atoms with Gasteiger partial charge >= 0.3 is 0 Å². The minimum Gasteiger partial charge on any atom is -0.343 e. The number of hydrogen-bond donors (Lipinski definition) is 1. The lowest BCUT2D eigenvalue weighted by Crippen LogP contribution is -2.33. The van der Waals surface area contributed by atoms with Crippen LogP contribution in [0.25, 0.3) is 0 Å². The van der Waals surface area contributed by atoms with E-state index in [1.165, 1.54) is 0 Å². The van der Waals surface area contributed by atoms with Crippen LogP contribution in [0.4, 0.5) is 0 Å². The van der Waals surface area contributed by atoms with E-state index in [-0.39, 0.29) is 5.91 Å². The third-order valence-corrected chi connectivity index (χ3v) is 2.44. The van der Waals surface area contributed by atoms with Crippen molar-refractivity contribution < 1.29 is 4.79 Å². The van der Waals surface area contributed by atoms with E-state index in [0.717, 1.165) is 25.9 Å². The summed E-state index contributed by atoms with van der Waals surface area (Å²) >= 11 is 0. The molecule has 84 valence electrons. The van der Waals surface area contributed by atoms with Gasteiger partial charge in [0.25, 0.3) is 0 Å². The van der Waals surface area contributed by atoms with Crippen LogP contribution < -0.4 is 5.73 Å². The average molecular weight is 200 g/mol. The number of nitrogens with zero attached hydrogens (tertiary/aromatic N) is 1. The molecule has 0 aliphatic heterocycles. The van der Waals surface area contributed by atoms with Gasteiger partial charge in [0, 0.05) is 19.5 Å². The van der Waals surface area contributed by atoms with E-state index < -0.39 is 0 Å². The van der Waals surface area contributed by atoms with E-state index in [1.807, 2.05) is 18.7 Å². The predicted molar refractivity (Wildman–Crippen MR) is 60.0 cm³/mol. The first-order valence-electron chi connectivity index (χ1n) is 5.63. The van der Waals surface area contributed by atoms with Crippen LogP contribution >= 0.6 is 0 Å². The number of carbonyl (C=O) groups is 1. The second-order valence-electron chi connectivity index (χ2n) is 3.87. The van der Waals surface area contributed by atoms with Gasteiger partial charge in [-0.05, 0) is 25.8 Å². The molecule has 0 aromatic rings. The van der Waals surface area contributed by atoms with Crippen LogP contribution in [0.2, 0.25) is 0 Å². The maximum absolute atomic E-state index is 11.7. The summed E-state index contributed by atoms with van der Waals surface area (Å²) < 4.78 is 0. The number of amides is 1. The van der Waals surface area contributed by atoms with Gasteiger partial charge in [-0.25, -0.2) is 0 Å². The Bertz CT molecular complexity index is 159. The van der Waals surface area contributed by atoms with Gasteiger partial charge in [-0.15, -0.1) is 0 Å². The zero-order valence-corrected chi connectivity index (χ0v) is 9.75. The number of carbonyl (C=O) groups excluding carboxylic acids is 1. The normalized spacial score (nSPS) is 12.6. The SMILES string of the molecule is CCCCN(CC)C(=O)CC(C)CN. The van der Waals surface area contributed by atoms with Gasteiger partial charge in [0.2, 0.25) is 5.91 Å². The summed E-state index contributed by atoms with van der Waals surface area (Å²) in [4.78, 5) is 13.6. The molecule has 0 fully saturated rings. The molecule has 0 saturated heterocycles. The fraction of sp³-hybridized carbons (Fsp3) is 0.909. The lowest BCUT2D eigenvalue weighted by molar-refractivity contribution is -0.131. The molecular weight excluding hydrogens is 176 g/mol. The van der Waals surface area contributed by atoms with E-state index in [2.05, 4.69) is 6.92 Å². The summed E-state index contributed by atoms with van der Waals surface area (Å²) in [6.45, 7) is 8.49. The summed E-state index contributed by atoms with van der Waals surface area (Å²) in [5.41, 5.74) is 5.49. The minimum absolute atomic E-state index is 0.249. The molecule has 14 heavy (non-hydrogen) atoms. The van der Waals surface area contributed by atoms with Crippen LogP contribution in [0.5, 0.6) is 0 Å². The first-order chi connectivity index (χ1) is 6.65. The third-order valence-electron chi connectivity index (χ3n) is 2.44. The van der Waals surface area contributed by atoms with Crippen LogP contribution in [0.1, 0.15) is 40.0 Å². The molecule has 0 spiro atoms. The van der Waals surface area contributed by atoms with Crippen molar-refractivity contribution in [2.75, 3.05) is 19.6 Å². The van der Waals surface area contributed by atoms with Gasteiger partial charge in [-0.1, -0.05) is 20.3 Å². The van der Waals surface area contributed by atoms with Gasteiger partial charge in [0.05, 0.1) is 0 Å². The smallest absolute Gasteiger partial charge is 0.222 e. The van der Waals surface area contributed by atoms with Crippen molar-refractivity contribution in [3.05, 3.63) is 0 Å². The van der Waals surface area contributed by atoms with Crippen LogP contribution in [0.3, 0.4) is 0 Å². The Morgan fingerprint density at radius 2 is 2.07 bits per heavy atom. The highest BCUT2D eigenvalue weighted by molar-refractivity contribution is 5.76. The van der Waals surface area contributed by atoms with E-state index in [4.69, 9.17) is 5.73 Å². The van der Waals surface area contributed by atoms with Crippen molar-refractivity contribution in [1.29, 1.82) is 0 Å². The van der Waals surface area contributed by atoms with Gasteiger partial charge in [0.1, 0.15) is 0 Å². The molecule has 1 amide bonds. The van der Waals surface area contributed by atoms with Gasteiger partial charge in [-0.2, -0.15) is 0 Å². The molecule has 0 rings (SSSR count). The zero-order chi connectivity index (χ0) is 11.0.